The maximum Gasteiger partial charge on any atom is 0.352 e. The summed E-state index contributed by atoms with van der Waals surface area (Å²) in [5.41, 5.74) is -1.38. The van der Waals surface area contributed by atoms with Crippen LogP contribution >= 0.6 is 15.9 Å². The van der Waals surface area contributed by atoms with Gasteiger partial charge in [-0.15, -0.1) is 0 Å². The van der Waals surface area contributed by atoms with E-state index in [4.69, 9.17) is 4.74 Å². The molecule has 0 amide bonds. The third-order valence-corrected chi connectivity index (χ3v) is 3.23. The molecule has 0 unspecified atom stereocenters. The van der Waals surface area contributed by atoms with Crippen LogP contribution in [0.5, 0.6) is 5.75 Å². The quantitative estimate of drug-likeness (QED) is 0.840. The van der Waals surface area contributed by atoms with E-state index in [0.29, 0.717) is 16.8 Å². The van der Waals surface area contributed by atoms with E-state index in [9.17, 15) is 14.0 Å². The second-order valence-corrected chi connectivity index (χ2v) is 4.76. The number of ether oxygens (including phenoxy) is 1. The topological polar surface area (TPSA) is 66.1 Å². The van der Waals surface area contributed by atoms with Gasteiger partial charge in [-0.3, -0.25) is 9.36 Å². The Hall–Kier alpha value is -1.96. The fourth-order valence-electron chi connectivity index (χ4n) is 1.59. The Kier molecular flexibility index (Phi) is 4.03. The molecule has 0 spiro atoms. The maximum absolute atomic E-state index is 14.0. The number of benzene rings is 1. The molecule has 0 aliphatic heterocycles. The molecule has 1 aromatic carbocycles. The zero-order valence-electron chi connectivity index (χ0n) is 10.8. The first-order valence-electron chi connectivity index (χ1n) is 5.73. The third kappa shape index (κ3) is 2.51. The monoisotopic (exact) mass is 343 g/mol. The van der Waals surface area contributed by atoms with Crippen LogP contribution in [0.15, 0.2) is 32.4 Å². The molecule has 2 rings (SSSR count). The van der Waals surface area contributed by atoms with Gasteiger partial charge in [0.25, 0.3) is 5.56 Å². The lowest BCUT2D eigenvalue weighted by Gasteiger charge is -2.11. The largest absolute Gasteiger partial charge is 0.493 e. The summed E-state index contributed by atoms with van der Waals surface area (Å²) in [4.78, 5) is 23.2. The first-order chi connectivity index (χ1) is 9.45. The van der Waals surface area contributed by atoms with Crippen molar-refractivity contribution in [3.05, 3.63) is 49.5 Å². The predicted molar refractivity (Wildman–Crippen MR) is 73.9 cm³/mol. The van der Waals surface area contributed by atoms with E-state index < -0.39 is 17.1 Å². The zero-order valence-corrected chi connectivity index (χ0v) is 12.3. The Balaban J connectivity index is 2.70. The van der Waals surface area contributed by atoms with E-state index in [1.54, 1.807) is 6.92 Å². The van der Waals surface area contributed by atoms with Gasteiger partial charge in [-0.1, -0.05) is 0 Å². The van der Waals surface area contributed by atoms with Crippen molar-refractivity contribution in [1.29, 1.82) is 0 Å². The highest BCUT2D eigenvalue weighted by Crippen LogP contribution is 2.29. The highest BCUT2D eigenvalue weighted by atomic mass is 79.9. The molecule has 0 N–H and O–H groups in total. The van der Waals surface area contributed by atoms with Crippen LogP contribution in [0, 0.1) is 5.82 Å². The summed E-state index contributed by atoms with van der Waals surface area (Å²) in [6.45, 7) is 2.17. The zero-order chi connectivity index (χ0) is 14.9. The van der Waals surface area contributed by atoms with Gasteiger partial charge in [-0.25, -0.2) is 9.18 Å². The van der Waals surface area contributed by atoms with E-state index in [1.807, 2.05) is 0 Å². The van der Waals surface area contributed by atoms with Crippen LogP contribution < -0.4 is 16.0 Å². The number of aromatic nitrogens is 3. The maximum atomic E-state index is 14.0. The standard InChI is InChI=1S/C12H11BrFN3O3/c1-3-20-10-5-9(8(14)4-7(10)13)17-12(19)16(2)11(18)6-15-17/h4-6H,3H2,1-2H3. The average Bonchev–Trinajstić information content (AvgIpc) is 2.40. The van der Waals surface area contributed by atoms with Gasteiger partial charge in [0.1, 0.15) is 23.5 Å². The van der Waals surface area contributed by atoms with Gasteiger partial charge in [-0.2, -0.15) is 9.78 Å². The van der Waals surface area contributed by atoms with Crippen molar-refractivity contribution >= 4 is 15.9 Å². The molecule has 0 atom stereocenters. The molecule has 0 bridgehead atoms. The van der Waals surface area contributed by atoms with Crippen molar-refractivity contribution in [1.82, 2.24) is 14.3 Å². The van der Waals surface area contributed by atoms with Gasteiger partial charge in [0, 0.05) is 13.1 Å². The molecular formula is C12H11BrFN3O3. The Morgan fingerprint density at radius 3 is 2.75 bits per heavy atom. The molecule has 1 aromatic heterocycles. The summed E-state index contributed by atoms with van der Waals surface area (Å²) < 4.78 is 21.4. The lowest BCUT2D eigenvalue weighted by molar-refractivity contribution is 0.337. The summed E-state index contributed by atoms with van der Waals surface area (Å²) in [6, 6.07) is 2.53. The van der Waals surface area contributed by atoms with E-state index in [-0.39, 0.29) is 5.69 Å². The van der Waals surface area contributed by atoms with Gasteiger partial charge >= 0.3 is 5.69 Å². The molecule has 1 heterocycles. The van der Waals surface area contributed by atoms with Crippen LogP contribution in [0.25, 0.3) is 5.69 Å². The van der Waals surface area contributed by atoms with Crippen molar-refractivity contribution in [2.24, 2.45) is 7.05 Å². The van der Waals surface area contributed by atoms with Crippen LogP contribution in [0.3, 0.4) is 0 Å². The number of hydrogen-bond donors (Lipinski definition) is 0. The summed E-state index contributed by atoms with van der Waals surface area (Å²) in [6.07, 6.45) is 0.948. The van der Waals surface area contributed by atoms with Gasteiger partial charge < -0.3 is 4.74 Å². The van der Waals surface area contributed by atoms with Crippen molar-refractivity contribution in [2.45, 2.75) is 6.92 Å². The first-order valence-corrected chi connectivity index (χ1v) is 6.52. The van der Waals surface area contributed by atoms with E-state index in [0.717, 1.165) is 15.4 Å². The Bertz CT molecular complexity index is 770. The van der Waals surface area contributed by atoms with Crippen molar-refractivity contribution in [2.75, 3.05) is 6.61 Å². The number of halogens is 2. The molecule has 20 heavy (non-hydrogen) atoms. The molecule has 0 aliphatic carbocycles. The molecular weight excluding hydrogens is 333 g/mol. The highest BCUT2D eigenvalue weighted by molar-refractivity contribution is 9.10. The Morgan fingerprint density at radius 2 is 2.10 bits per heavy atom. The Labute approximate surface area is 121 Å². The van der Waals surface area contributed by atoms with Crippen LogP contribution in [0.1, 0.15) is 6.92 Å². The molecule has 0 radical (unpaired) electrons. The van der Waals surface area contributed by atoms with Crippen LogP contribution in [-0.4, -0.2) is 21.0 Å². The first kappa shape index (κ1) is 14.4. The van der Waals surface area contributed by atoms with Crippen LogP contribution in [-0.2, 0) is 7.05 Å². The van der Waals surface area contributed by atoms with Gasteiger partial charge in [0.05, 0.1) is 11.1 Å². The van der Waals surface area contributed by atoms with Crippen LogP contribution in [0.4, 0.5) is 4.39 Å². The molecule has 8 heteroatoms. The lowest BCUT2D eigenvalue weighted by atomic mass is 10.3. The molecule has 0 saturated heterocycles. The average molecular weight is 344 g/mol. The number of nitrogens with zero attached hydrogens (tertiary/aromatic N) is 3. The normalized spacial score (nSPS) is 10.6. The fraction of sp³-hybridized carbons (Fsp3) is 0.250. The summed E-state index contributed by atoms with van der Waals surface area (Å²) in [5, 5.41) is 3.66. The second kappa shape index (κ2) is 5.58. The lowest BCUT2D eigenvalue weighted by Crippen LogP contribution is -2.38. The number of rotatable bonds is 3. The second-order valence-electron chi connectivity index (χ2n) is 3.90. The van der Waals surface area contributed by atoms with Crippen molar-refractivity contribution < 1.29 is 9.13 Å². The van der Waals surface area contributed by atoms with Gasteiger partial charge in [0.15, 0.2) is 0 Å². The minimum Gasteiger partial charge on any atom is -0.493 e. The molecule has 106 valence electrons. The van der Waals surface area contributed by atoms with Crippen molar-refractivity contribution in [3.63, 3.8) is 0 Å². The van der Waals surface area contributed by atoms with Crippen molar-refractivity contribution in [3.8, 4) is 11.4 Å². The fourth-order valence-corrected chi connectivity index (χ4v) is 2.02. The molecule has 0 fully saturated rings. The smallest absolute Gasteiger partial charge is 0.352 e. The third-order valence-electron chi connectivity index (χ3n) is 2.61. The summed E-state index contributed by atoms with van der Waals surface area (Å²) in [5.74, 6) is -0.278. The molecule has 0 aliphatic rings. The molecule has 0 saturated carbocycles. The van der Waals surface area contributed by atoms with E-state index in [2.05, 4.69) is 21.0 Å². The summed E-state index contributed by atoms with van der Waals surface area (Å²) in [7, 11) is 1.29. The SMILES string of the molecule is CCOc1cc(-n2ncc(=O)n(C)c2=O)c(F)cc1Br. The Morgan fingerprint density at radius 1 is 1.40 bits per heavy atom. The summed E-state index contributed by atoms with van der Waals surface area (Å²) >= 11 is 3.17. The highest BCUT2D eigenvalue weighted by Gasteiger charge is 2.14. The van der Waals surface area contributed by atoms with Crippen LogP contribution in [0.2, 0.25) is 0 Å². The predicted octanol–water partition coefficient (Wildman–Crippen LogP) is 1.23. The minimum atomic E-state index is -0.735. The van der Waals surface area contributed by atoms with Gasteiger partial charge in [-0.05, 0) is 28.9 Å². The van der Waals surface area contributed by atoms with Gasteiger partial charge in [0.2, 0.25) is 0 Å². The van der Waals surface area contributed by atoms with E-state index >= 15 is 0 Å². The van der Waals surface area contributed by atoms with E-state index in [1.165, 1.54) is 19.2 Å². The number of hydrogen-bond acceptors (Lipinski definition) is 4. The minimum absolute atomic E-state index is 0.0859. The molecule has 2 aromatic rings. The molecule has 6 nitrogen and oxygen atoms in total.